The molecule has 0 unspecified atom stereocenters. The zero-order valence-electron chi connectivity index (χ0n) is 15.8. The van der Waals surface area contributed by atoms with E-state index in [1.165, 1.54) is 0 Å². The molecule has 0 fully saturated rings. The lowest BCUT2D eigenvalue weighted by Gasteiger charge is -2.23. The van der Waals surface area contributed by atoms with Crippen molar-refractivity contribution in [1.29, 1.82) is 0 Å². The molecule has 0 aliphatic carbocycles. The molecule has 2 N–H and O–H groups in total. The van der Waals surface area contributed by atoms with Gasteiger partial charge in [0.15, 0.2) is 5.82 Å². The fourth-order valence-corrected chi connectivity index (χ4v) is 4.22. The Morgan fingerprint density at radius 3 is 3.00 bits per heavy atom. The number of fused-ring (bicyclic) bond motifs is 4. The van der Waals surface area contributed by atoms with E-state index in [4.69, 9.17) is 10.5 Å². The summed E-state index contributed by atoms with van der Waals surface area (Å²) in [5.41, 5.74) is 10.3. The van der Waals surface area contributed by atoms with Gasteiger partial charge >= 0.3 is 0 Å². The van der Waals surface area contributed by atoms with E-state index >= 15 is 0 Å². The lowest BCUT2D eigenvalue weighted by molar-refractivity contribution is 0.0703. The number of nitrogen functional groups attached to an aromatic ring is 1. The van der Waals surface area contributed by atoms with Gasteiger partial charge in [0.1, 0.15) is 35.4 Å². The minimum absolute atomic E-state index is 0.160. The van der Waals surface area contributed by atoms with Crippen molar-refractivity contribution >= 4 is 50.9 Å². The first-order valence-corrected chi connectivity index (χ1v) is 10.1. The molecule has 5 rings (SSSR count). The summed E-state index contributed by atoms with van der Waals surface area (Å²) in [5.74, 6) is 1.02. The summed E-state index contributed by atoms with van der Waals surface area (Å²) in [6, 6.07) is 7.58. The monoisotopic (exact) mass is 500 g/mol. The molecule has 9 heteroatoms. The highest BCUT2D eigenvalue weighted by Gasteiger charge is 2.31. The highest BCUT2D eigenvalue weighted by atomic mass is 127. The Balaban J connectivity index is 1.55. The number of ether oxygens (including phenoxy) is 1. The van der Waals surface area contributed by atoms with Gasteiger partial charge in [-0.15, -0.1) is 0 Å². The Kier molecular flexibility index (Phi) is 4.09. The van der Waals surface area contributed by atoms with Crippen molar-refractivity contribution in [3.63, 3.8) is 0 Å². The lowest BCUT2D eigenvalue weighted by atomic mass is 10.1. The van der Waals surface area contributed by atoms with Crippen LogP contribution < -0.4 is 10.5 Å². The standard InChI is InChI=1S/C20H17IN6O2/c1-10-18-19(22)25-14-7-23-13(6-15(14)27(18)9-24-10)20(28)26(2)16-8-29-17-5-11(21)3-4-12(16)17/h3-7,9,16H,8H2,1-2H3,(H2,22,25)/t16-/m1/s1. The number of nitrogens with two attached hydrogens (primary N) is 1. The molecule has 0 spiro atoms. The van der Waals surface area contributed by atoms with Crippen molar-refractivity contribution in [1.82, 2.24) is 24.3 Å². The number of aryl methyl sites for hydroxylation is 1. The first-order chi connectivity index (χ1) is 13.9. The van der Waals surface area contributed by atoms with E-state index in [9.17, 15) is 4.79 Å². The number of aromatic nitrogens is 4. The lowest BCUT2D eigenvalue weighted by Crippen LogP contribution is -2.32. The molecule has 1 aliphatic rings. The quantitative estimate of drug-likeness (QED) is 0.425. The summed E-state index contributed by atoms with van der Waals surface area (Å²) < 4.78 is 8.73. The predicted molar refractivity (Wildman–Crippen MR) is 117 cm³/mol. The second-order valence-corrected chi connectivity index (χ2v) is 8.27. The van der Waals surface area contributed by atoms with Crippen molar-refractivity contribution in [3.05, 3.63) is 57.3 Å². The minimum atomic E-state index is -0.186. The minimum Gasteiger partial charge on any atom is -0.491 e. The molecule has 29 heavy (non-hydrogen) atoms. The molecule has 3 aromatic heterocycles. The summed E-state index contributed by atoms with van der Waals surface area (Å²) in [7, 11) is 1.77. The number of pyridine rings is 1. The van der Waals surface area contributed by atoms with Gasteiger partial charge in [-0.1, -0.05) is 6.07 Å². The molecule has 1 aromatic carbocycles. The molecule has 8 nitrogen and oxygen atoms in total. The van der Waals surface area contributed by atoms with Crippen LogP contribution in [0.3, 0.4) is 0 Å². The summed E-state index contributed by atoms with van der Waals surface area (Å²) in [6.45, 7) is 2.30. The Bertz CT molecular complexity index is 1300. The van der Waals surface area contributed by atoms with E-state index in [1.807, 2.05) is 29.5 Å². The number of hydrogen-bond donors (Lipinski definition) is 1. The van der Waals surface area contributed by atoms with E-state index in [0.717, 1.165) is 31.6 Å². The van der Waals surface area contributed by atoms with Crippen molar-refractivity contribution in [2.45, 2.75) is 13.0 Å². The molecule has 0 saturated carbocycles. The third-order valence-electron chi connectivity index (χ3n) is 5.29. The maximum Gasteiger partial charge on any atom is 0.272 e. The summed E-state index contributed by atoms with van der Waals surface area (Å²) in [6.07, 6.45) is 3.26. The van der Waals surface area contributed by atoms with Crippen molar-refractivity contribution in [3.8, 4) is 5.75 Å². The van der Waals surface area contributed by atoms with Crippen LogP contribution in [0.1, 0.15) is 27.8 Å². The highest BCUT2D eigenvalue weighted by Crippen LogP contribution is 2.37. The van der Waals surface area contributed by atoms with Gasteiger partial charge in [-0.3, -0.25) is 9.20 Å². The first-order valence-electron chi connectivity index (χ1n) is 9.02. The van der Waals surface area contributed by atoms with Crippen LogP contribution in [0.5, 0.6) is 5.75 Å². The molecule has 146 valence electrons. The van der Waals surface area contributed by atoms with E-state index < -0.39 is 0 Å². The number of benzene rings is 1. The number of likely N-dealkylation sites (N-methyl/N-ethyl adjacent to an activating group) is 1. The number of rotatable bonds is 2. The van der Waals surface area contributed by atoms with Crippen molar-refractivity contribution in [2.24, 2.45) is 0 Å². The second kappa shape index (κ2) is 6.55. The Hall–Kier alpha value is -2.95. The average molecular weight is 500 g/mol. The maximum absolute atomic E-state index is 13.2. The number of halogens is 1. The van der Waals surface area contributed by atoms with Crippen LogP contribution in [0.25, 0.3) is 16.6 Å². The molecule has 0 bridgehead atoms. The summed E-state index contributed by atoms with van der Waals surface area (Å²) in [5, 5.41) is 0. The van der Waals surface area contributed by atoms with Gasteiger partial charge in [-0.05, 0) is 47.7 Å². The maximum atomic E-state index is 13.2. The fourth-order valence-electron chi connectivity index (χ4n) is 3.75. The molecule has 1 atom stereocenters. The number of amides is 1. The van der Waals surface area contributed by atoms with E-state index in [2.05, 4.69) is 37.5 Å². The van der Waals surface area contributed by atoms with E-state index in [-0.39, 0.29) is 11.9 Å². The van der Waals surface area contributed by atoms with Gasteiger partial charge in [0, 0.05) is 16.2 Å². The van der Waals surface area contributed by atoms with Gasteiger partial charge < -0.3 is 15.4 Å². The normalized spacial score (nSPS) is 15.5. The van der Waals surface area contributed by atoms with E-state index in [0.29, 0.717) is 23.6 Å². The molecule has 1 aliphatic heterocycles. The number of anilines is 1. The first kappa shape index (κ1) is 18.1. The zero-order valence-corrected chi connectivity index (χ0v) is 17.9. The number of carbonyl (C=O) groups excluding carboxylic acids is 1. The van der Waals surface area contributed by atoms with Crippen LogP contribution in [0.15, 0.2) is 36.8 Å². The summed E-state index contributed by atoms with van der Waals surface area (Å²) >= 11 is 2.25. The molecule has 4 heterocycles. The predicted octanol–water partition coefficient (Wildman–Crippen LogP) is 2.98. The van der Waals surface area contributed by atoms with Gasteiger partial charge in [-0.25, -0.2) is 15.0 Å². The Morgan fingerprint density at radius 2 is 2.17 bits per heavy atom. The van der Waals surface area contributed by atoms with Gasteiger partial charge in [0.05, 0.1) is 23.4 Å². The van der Waals surface area contributed by atoms with Crippen molar-refractivity contribution in [2.75, 3.05) is 19.4 Å². The topological polar surface area (TPSA) is 98.6 Å². The number of carbonyl (C=O) groups is 1. The van der Waals surface area contributed by atoms with Crippen LogP contribution in [0.4, 0.5) is 5.82 Å². The number of nitrogens with zero attached hydrogens (tertiary/aromatic N) is 5. The third kappa shape index (κ3) is 2.79. The Labute approximate surface area is 179 Å². The van der Waals surface area contributed by atoms with Crippen LogP contribution in [0, 0.1) is 10.5 Å². The average Bonchev–Trinajstić information content (AvgIpc) is 3.30. The third-order valence-corrected chi connectivity index (χ3v) is 5.96. The van der Waals surface area contributed by atoms with Crippen LogP contribution >= 0.6 is 22.6 Å². The van der Waals surface area contributed by atoms with Crippen LogP contribution in [-0.4, -0.2) is 43.8 Å². The fraction of sp³-hybridized carbons (Fsp3) is 0.200. The van der Waals surface area contributed by atoms with Crippen molar-refractivity contribution < 1.29 is 9.53 Å². The Morgan fingerprint density at radius 1 is 1.34 bits per heavy atom. The molecule has 0 saturated heterocycles. The van der Waals surface area contributed by atoms with Crippen LogP contribution in [0.2, 0.25) is 0 Å². The second-order valence-electron chi connectivity index (χ2n) is 7.03. The van der Waals surface area contributed by atoms with Gasteiger partial charge in [-0.2, -0.15) is 0 Å². The molecule has 0 radical (unpaired) electrons. The summed E-state index contributed by atoms with van der Waals surface area (Å²) in [4.78, 5) is 27.9. The molecule has 1 amide bonds. The van der Waals surface area contributed by atoms with Crippen LogP contribution in [-0.2, 0) is 0 Å². The van der Waals surface area contributed by atoms with E-state index in [1.54, 1.807) is 30.5 Å². The number of hydrogen-bond acceptors (Lipinski definition) is 6. The zero-order chi connectivity index (χ0) is 20.3. The van der Waals surface area contributed by atoms with Gasteiger partial charge in [0.2, 0.25) is 0 Å². The highest BCUT2D eigenvalue weighted by molar-refractivity contribution is 14.1. The number of imidazole rings is 1. The molecular weight excluding hydrogens is 483 g/mol. The molecule has 4 aromatic rings. The van der Waals surface area contributed by atoms with Gasteiger partial charge in [0.25, 0.3) is 5.91 Å². The largest absolute Gasteiger partial charge is 0.491 e. The smallest absolute Gasteiger partial charge is 0.272 e. The molecular formula is C20H17IN6O2. The SMILES string of the molecule is Cc1ncn2c1c(N)nc1cnc(C(=O)N(C)[C@@H]3COc4cc(I)ccc43)cc12.